The van der Waals surface area contributed by atoms with Crippen LogP contribution in [-0.2, 0) is 0 Å². The predicted molar refractivity (Wildman–Crippen MR) is 100 cm³/mol. The first-order valence-electron chi connectivity index (χ1n) is 8.25. The largest absolute Gasteiger partial charge is 0.361 e. The number of halogens is 1. The highest BCUT2D eigenvalue weighted by Crippen LogP contribution is 2.27. The van der Waals surface area contributed by atoms with Crippen molar-refractivity contribution in [2.45, 2.75) is 13.8 Å². The number of hydrogen-bond donors (Lipinski definition) is 2. The van der Waals surface area contributed by atoms with Gasteiger partial charge in [-0.15, -0.1) is 0 Å². The molecular formula is C18H21FN6. The molecule has 2 aromatic heterocycles. The summed E-state index contributed by atoms with van der Waals surface area (Å²) >= 11 is 0. The van der Waals surface area contributed by atoms with Crippen LogP contribution in [0.5, 0.6) is 0 Å². The zero-order chi connectivity index (χ0) is 17.8. The number of aromatic amines is 1. The molecule has 0 fully saturated rings. The standard InChI is InChI=1S/C18H21FN6/c1-4-25(5-2)18-12-10-14(19)16(22-17(12)23-24-18)13(11-20-3)15-8-6-7-9-21-15/h6-11,21H,4-5H2,1-3H3,(H,22,23,24)/b15-13+,20-11-. The number of anilines is 1. The van der Waals surface area contributed by atoms with Crippen molar-refractivity contribution < 1.29 is 4.39 Å². The van der Waals surface area contributed by atoms with Crippen LogP contribution in [0.2, 0.25) is 0 Å². The first-order valence-corrected chi connectivity index (χ1v) is 8.25. The quantitative estimate of drug-likeness (QED) is 0.821. The molecule has 6 nitrogen and oxygen atoms in total. The summed E-state index contributed by atoms with van der Waals surface area (Å²) in [5.41, 5.74) is 2.11. The summed E-state index contributed by atoms with van der Waals surface area (Å²) < 4.78 is 14.9. The van der Waals surface area contributed by atoms with Gasteiger partial charge < -0.3 is 10.2 Å². The summed E-state index contributed by atoms with van der Waals surface area (Å²) in [5.74, 6) is 0.310. The van der Waals surface area contributed by atoms with E-state index in [1.165, 1.54) is 6.07 Å². The van der Waals surface area contributed by atoms with Gasteiger partial charge in [0, 0.05) is 43.8 Å². The van der Waals surface area contributed by atoms with E-state index < -0.39 is 5.82 Å². The fourth-order valence-corrected chi connectivity index (χ4v) is 2.81. The van der Waals surface area contributed by atoms with Gasteiger partial charge in [-0.3, -0.25) is 10.1 Å². The van der Waals surface area contributed by atoms with Crippen molar-refractivity contribution in [1.29, 1.82) is 0 Å². The zero-order valence-corrected chi connectivity index (χ0v) is 14.5. The van der Waals surface area contributed by atoms with Gasteiger partial charge in [0.1, 0.15) is 5.69 Å². The van der Waals surface area contributed by atoms with Gasteiger partial charge in [0.25, 0.3) is 0 Å². The molecule has 0 spiro atoms. The minimum atomic E-state index is -0.408. The van der Waals surface area contributed by atoms with E-state index in [4.69, 9.17) is 0 Å². The maximum absolute atomic E-state index is 14.9. The third-order valence-electron chi connectivity index (χ3n) is 4.06. The first kappa shape index (κ1) is 16.9. The summed E-state index contributed by atoms with van der Waals surface area (Å²) in [6.07, 6.45) is 8.98. The van der Waals surface area contributed by atoms with E-state index >= 15 is 0 Å². The maximum atomic E-state index is 14.9. The summed E-state index contributed by atoms with van der Waals surface area (Å²) in [6, 6.07) is 1.49. The van der Waals surface area contributed by atoms with E-state index in [0.717, 1.165) is 24.6 Å². The number of nitrogens with one attached hydrogen (secondary N) is 2. The van der Waals surface area contributed by atoms with E-state index in [1.54, 1.807) is 19.5 Å². The van der Waals surface area contributed by atoms with E-state index in [9.17, 15) is 4.39 Å². The Hall–Kier alpha value is -2.96. The van der Waals surface area contributed by atoms with Crippen molar-refractivity contribution >= 4 is 28.6 Å². The fourth-order valence-electron chi connectivity index (χ4n) is 2.81. The highest BCUT2D eigenvalue weighted by atomic mass is 19.1. The molecule has 0 saturated carbocycles. The van der Waals surface area contributed by atoms with Crippen LogP contribution in [0.15, 0.2) is 41.2 Å². The van der Waals surface area contributed by atoms with Gasteiger partial charge >= 0.3 is 0 Å². The fraction of sp³-hybridized carbons (Fsp3) is 0.278. The molecule has 2 aromatic rings. The summed E-state index contributed by atoms with van der Waals surface area (Å²) in [4.78, 5) is 10.6. The van der Waals surface area contributed by atoms with Crippen molar-refractivity contribution in [1.82, 2.24) is 20.5 Å². The molecule has 3 heterocycles. The molecule has 0 radical (unpaired) electrons. The van der Waals surface area contributed by atoms with Gasteiger partial charge in [0.2, 0.25) is 0 Å². The minimum Gasteiger partial charge on any atom is -0.361 e. The van der Waals surface area contributed by atoms with Gasteiger partial charge in [-0.1, -0.05) is 6.08 Å². The van der Waals surface area contributed by atoms with Crippen LogP contribution in [0.4, 0.5) is 10.2 Å². The monoisotopic (exact) mass is 340 g/mol. The number of aliphatic imine (C=N–C) groups is 1. The van der Waals surface area contributed by atoms with Crippen LogP contribution >= 0.6 is 0 Å². The molecule has 0 unspecified atom stereocenters. The average Bonchev–Trinajstić information content (AvgIpc) is 3.04. The number of aromatic nitrogens is 3. The van der Waals surface area contributed by atoms with Crippen molar-refractivity contribution in [3.8, 4) is 0 Å². The van der Waals surface area contributed by atoms with Crippen molar-refractivity contribution in [3.05, 3.63) is 47.7 Å². The van der Waals surface area contributed by atoms with Crippen molar-refractivity contribution in [2.75, 3.05) is 25.0 Å². The SMILES string of the molecule is CCN(CC)c1n[nH]c2nc(C(/C=N\C)=C3\C=CC=CN3)c(F)cc12. The van der Waals surface area contributed by atoms with E-state index in [2.05, 4.69) is 30.4 Å². The molecule has 130 valence electrons. The number of H-pyrrole nitrogens is 1. The number of hydrogen-bond acceptors (Lipinski definition) is 5. The number of pyridine rings is 1. The van der Waals surface area contributed by atoms with Gasteiger partial charge in [0.05, 0.1) is 5.39 Å². The molecule has 0 aliphatic carbocycles. The highest BCUT2D eigenvalue weighted by molar-refractivity contribution is 6.11. The molecule has 25 heavy (non-hydrogen) atoms. The van der Waals surface area contributed by atoms with Crippen LogP contribution in [0.1, 0.15) is 19.5 Å². The van der Waals surface area contributed by atoms with E-state index in [1.807, 2.05) is 32.1 Å². The Morgan fingerprint density at radius 1 is 1.32 bits per heavy atom. The molecule has 0 bridgehead atoms. The molecule has 3 rings (SSSR count). The highest BCUT2D eigenvalue weighted by Gasteiger charge is 2.19. The molecule has 1 aliphatic heterocycles. The van der Waals surface area contributed by atoms with Crippen LogP contribution in [-0.4, -0.2) is 41.5 Å². The molecule has 0 saturated heterocycles. The van der Waals surface area contributed by atoms with Crippen LogP contribution < -0.4 is 10.2 Å². The normalized spacial score (nSPS) is 15.8. The third kappa shape index (κ3) is 3.17. The Labute approximate surface area is 145 Å². The van der Waals surface area contributed by atoms with E-state index in [0.29, 0.717) is 16.6 Å². The average molecular weight is 340 g/mol. The minimum absolute atomic E-state index is 0.232. The maximum Gasteiger partial charge on any atom is 0.160 e. The molecule has 1 aliphatic rings. The summed E-state index contributed by atoms with van der Waals surface area (Å²) in [7, 11) is 1.65. The lowest BCUT2D eigenvalue weighted by Gasteiger charge is -2.18. The molecular weight excluding hydrogens is 319 g/mol. The van der Waals surface area contributed by atoms with Gasteiger partial charge in [-0.2, -0.15) is 5.10 Å². The lowest BCUT2D eigenvalue weighted by atomic mass is 10.1. The van der Waals surface area contributed by atoms with Crippen LogP contribution in [0.25, 0.3) is 16.6 Å². The predicted octanol–water partition coefficient (Wildman–Crippen LogP) is 3.03. The summed E-state index contributed by atoms with van der Waals surface area (Å²) in [6.45, 7) is 5.66. The van der Waals surface area contributed by atoms with Crippen molar-refractivity contribution in [2.24, 2.45) is 4.99 Å². The lowest BCUT2D eigenvalue weighted by Crippen LogP contribution is -2.22. The van der Waals surface area contributed by atoms with Gasteiger partial charge in [0.15, 0.2) is 17.3 Å². The second-order valence-electron chi connectivity index (χ2n) is 5.51. The second kappa shape index (κ2) is 7.29. The topological polar surface area (TPSA) is 69.2 Å². The smallest absolute Gasteiger partial charge is 0.160 e. The summed E-state index contributed by atoms with van der Waals surface area (Å²) in [5, 5.41) is 11.0. The second-order valence-corrected chi connectivity index (χ2v) is 5.51. The Kier molecular flexibility index (Phi) is 4.92. The van der Waals surface area contributed by atoms with Crippen molar-refractivity contribution in [3.63, 3.8) is 0 Å². The molecule has 2 N–H and O–H groups in total. The third-order valence-corrected chi connectivity index (χ3v) is 4.06. The van der Waals surface area contributed by atoms with Gasteiger partial charge in [-0.25, -0.2) is 9.37 Å². The lowest BCUT2D eigenvalue weighted by molar-refractivity contribution is 0.620. The number of fused-ring (bicyclic) bond motifs is 1. The number of allylic oxidation sites excluding steroid dienone is 4. The van der Waals surface area contributed by atoms with Crippen LogP contribution in [0.3, 0.4) is 0 Å². The van der Waals surface area contributed by atoms with Crippen LogP contribution in [0, 0.1) is 5.82 Å². The Balaban J connectivity index is 2.15. The first-order chi connectivity index (χ1) is 12.2. The van der Waals surface area contributed by atoms with Gasteiger partial charge in [-0.05, 0) is 32.1 Å². The molecule has 0 atom stereocenters. The Morgan fingerprint density at radius 3 is 2.76 bits per heavy atom. The number of rotatable bonds is 5. The van der Waals surface area contributed by atoms with E-state index in [-0.39, 0.29) is 5.69 Å². The number of dihydropyridines is 1. The molecule has 0 aromatic carbocycles. The Morgan fingerprint density at radius 2 is 2.12 bits per heavy atom. The number of nitrogens with zero attached hydrogens (tertiary/aromatic N) is 4. The molecule has 0 amide bonds. The molecule has 7 heteroatoms. The Bertz CT molecular complexity index is 886. The zero-order valence-electron chi connectivity index (χ0n) is 14.5.